The first kappa shape index (κ1) is 18.5. The van der Waals surface area contributed by atoms with Crippen LogP contribution in [0.3, 0.4) is 0 Å². The molecule has 0 aliphatic carbocycles. The summed E-state index contributed by atoms with van der Waals surface area (Å²) >= 11 is 0. The van der Waals surface area contributed by atoms with Crippen LogP contribution in [0.1, 0.15) is 30.9 Å². The molecular formula is C16H19F4NO3. The van der Waals surface area contributed by atoms with E-state index in [0.717, 1.165) is 13.0 Å². The number of hydrogen-bond donors (Lipinski definition) is 1. The number of ether oxygens (including phenoxy) is 2. The minimum Gasteiger partial charge on any atom is -0.496 e. The van der Waals surface area contributed by atoms with Crippen LogP contribution in [0.25, 0.3) is 0 Å². The molecular weight excluding hydrogens is 330 g/mol. The minimum atomic E-state index is -4.70. The van der Waals surface area contributed by atoms with Crippen LogP contribution in [-0.2, 0) is 9.53 Å². The molecule has 2 rings (SSSR count). The van der Waals surface area contributed by atoms with E-state index in [1.165, 1.54) is 27.0 Å². The molecule has 2 N–H and O–H groups in total. The molecule has 1 amide bonds. The Hall–Kier alpha value is -1.83. The van der Waals surface area contributed by atoms with Crippen LogP contribution in [-0.4, -0.2) is 30.9 Å². The van der Waals surface area contributed by atoms with E-state index in [1.54, 1.807) is 0 Å². The van der Waals surface area contributed by atoms with Crippen molar-refractivity contribution in [2.45, 2.75) is 44.6 Å². The number of carbonyl (C=O) groups is 1. The number of nitrogens with two attached hydrogens (primary N) is 1. The second-order valence-corrected chi connectivity index (χ2v) is 6.15. The first-order valence-electron chi connectivity index (χ1n) is 7.32. The number of methoxy groups -OCH3 is 1. The molecule has 1 aliphatic rings. The van der Waals surface area contributed by atoms with Crippen molar-refractivity contribution in [3.8, 4) is 5.75 Å². The fourth-order valence-electron chi connectivity index (χ4n) is 3.26. The number of primary amides is 1. The van der Waals surface area contributed by atoms with E-state index in [0.29, 0.717) is 0 Å². The van der Waals surface area contributed by atoms with Crippen molar-refractivity contribution in [2.75, 3.05) is 7.11 Å². The van der Waals surface area contributed by atoms with E-state index in [4.69, 9.17) is 15.2 Å². The predicted molar refractivity (Wildman–Crippen MR) is 78.1 cm³/mol. The highest BCUT2D eigenvalue weighted by molar-refractivity contribution is 5.81. The van der Waals surface area contributed by atoms with E-state index >= 15 is 0 Å². The average molecular weight is 349 g/mol. The van der Waals surface area contributed by atoms with Crippen molar-refractivity contribution in [3.05, 3.63) is 29.1 Å². The fourth-order valence-corrected chi connectivity index (χ4v) is 3.26. The van der Waals surface area contributed by atoms with Crippen LogP contribution in [0.15, 0.2) is 12.1 Å². The van der Waals surface area contributed by atoms with Crippen LogP contribution in [0.4, 0.5) is 17.6 Å². The molecule has 4 unspecified atom stereocenters. The third-order valence-corrected chi connectivity index (χ3v) is 4.88. The van der Waals surface area contributed by atoms with Gasteiger partial charge in [0.25, 0.3) is 0 Å². The maximum absolute atomic E-state index is 13.7. The molecule has 4 atom stereocenters. The maximum atomic E-state index is 13.7. The van der Waals surface area contributed by atoms with Crippen molar-refractivity contribution in [2.24, 2.45) is 11.7 Å². The van der Waals surface area contributed by atoms with Gasteiger partial charge in [-0.2, -0.15) is 13.2 Å². The number of carbonyl (C=O) groups excluding carboxylic acids is 1. The van der Waals surface area contributed by atoms with Crippen LogP contribution in [0.5, 0.6) is 5.75 Å². The molecule has 24 heavy (non-hydrogen) atoms. The SMILES string of the molecule is COc1c(C2C(C(N)=O)OC(C)(C(F)(F)F)C2C)ccc(F)c1C. The molecule has 1 aromatic rings. The number of halogens is 4. The molecule has 0 aromatic heterocycles. The summed E-state index contributed by atoms with van der Waals surface area (Å²) in [7, 11) is 1.29. The van der Waals surface area contributed by atoms with Crippen LogP contribution >= 0.6 is 0 Å². The molecule has 1 aliphatic heterocycles. The number of hydrogen-bond acceptors (Lipinski definition) is 3. The zero-order chi connectivity index (χ0) is 18.4. The van der Waals surface area contributed by atoms with Gasteiger partial charge in [0.2, 0.25) is 5.91 Å². The maximum Gasteiger partial charge on any atom is 0.417 e. The van der Waals surface area contributed by atoms with Crippen molar-refractivity contribution >= 4 is 5.91 Å². The molecule has 0 bridgehead atoms. The fraction of sp³-hybridized carbons (Fsp3) is 0.562. The summed E-state index contributed by atoms with van der Waals surface area (Å²) in [6, 6.07) is 2.44. The van der Waals surface area contributed by atoms with Gasteiger partial charge in [-0.25, -0.2) is 4.39 Å². The van der Waals surface area contributed by atoms with Gasteiger partial charge in [0.15, 0.2) is 5.60 Å². The van der Waals surface area contributed by atoms with Crippen LogP contribution < -0.4 is 10.5 Å². The Balaban J connectivity index is 2.64. The Kier molecular flexibility index (Phi) is 4.56. The molecule has 0 radical (unpaired) electrons. The lowest BCUT2D eigenvalue weighted by molar-refractivity contribution is -0.272. The summed E-state index contributed by atoms with van der Waals surface area (Å²) < 4.78 is 64.4. The normalized spacial score (nSPS) is 30.4. The monoisotopic (exact) mass is 349 g/mol. The highest BCUT2D eigenvalue weighted by Crippen LogP contribution is 2.54. The molecule has 0 saturated carbocycles. The minimum absolute atomic E-state index is 0.0909. The highest BCUT2D eigenvalue weighted by Gasteiger charge is 2.65. The summed E-state index contributed by atoms with van der Waals surface area (Å²) in [5.41, 5.74) is 3.12. The Morgan fingerprint density at radius 3 is 2.42 bits per heavy atom. The summed E-state index contributed by atoms with van der Waals surface area (Å²) in [6.07, 6.45) is -6.19. The van der Waals surface area contributed by atoms with E-state index in [9.17, 15) is 22.4 Å². The molecule has 1 saturated heterocycles. The lowest BCUT2D eigenvalue weighted by Crippen LogP contribution is -2.47. The van der Waals surface area contributed by atoms with E-state index in [1.807, 2.05) is 0 Å². The zero-order valence-corrected chi connectivity index (χ0v) is 13.7. The molecule has 1 heterocycles. The van der Waals surface area contributed by atoms with Gasteiger partial charge in [0.05, 0.1) is 7.11 Å². The third kappa shape index (κ3) is 2.62. The first-order valence-corrected chi connectivity index (χ1v) is 7.32. The van der Waals surface area contributed by atoms with E-state index in [-0.39, 0.29) is 16.9 Å². The third-order valence-electron chi connectivity index (χ3n) is 4.88. The summed E-state index contributed by atoms with van der Waals surface area (Å²) in [4.78, 5) is 11.7. The number of rotatable bonds is 3. The Morgan fingerprint density at radius 1 is 1.38 bits per heavy atom. The van der Waals surface area contributed by atoms with Gasteiger partial charge in [0, 0.05) is 23.0 Å². The smallest absolute Gasteiger partial charge is 0.417 e. The standard InChI is InChI=1S/C16H19F4NO3/c1-7-10(17)6-5-9(12(7)23-4)11-8(2)15(3,16(18,19)20)24-13(11)14(21)22/h5-6,8,11,13H,1-4H3,(H2,21,22). The lowest BCUT2D eigenvalue weighted by atomic mass is 9.76. The van der Waals surface area contributed by atoms with Gasteiger partial charge < -0.3 is 15.2 Å². The summed E-state index contributed by atoms with van der Waals surface area (Å²) in [5, 5.41) is 0. The van der Waals surface area contributed by atoms with Crippen LogP contribution in [0.2, 0.25) is 0 Å². The van der Waals surface area contributed by atoms with Gasteiger partial charge >= 0.3 is 6.18 Å². The predicted octanol–water partition coefficient (Wildman–Crippen LogP) is 3.07. The van der Waals surface area contributed by atoms with Crippen molar-refractivity contribution in [1.82, 2.24) is 0 Å². The van der Waals surface area contributed by atoms with Gasteiger partial charge in [-0.3, -0.25) is 4.79 Å². The zero-order valence-electron chi connectivity index (χ0n) is 13.7. The van der Waals surface area contributed by atoms with Crippen molar-refractivity contribution < 1.29 is 31.8 Å². The Labute approximate surface area is 136 Å². The average Bonchev–Trinajstić information content (AvgIpc) is 2.75. The highest BCUT2D eigenvalue weighted by atomic mass is 19.4. The topological polar surface area (TPSA) is 61.5 Å². The summed E-state index contributed by atoms with van der Waals surface area (Å²) in [6.45, 7) is 3.66. The molecule has 134 valence electrons. The summed E-state index contributed by atoms with van der Waals surface area (Å²) in [5.74, 6) is -3.62. The van der Waals surface area contributed by atoms with Gasteiger partial charge in [0.1, 0.15) is 17.7 Å². The lowest BCUT2D eigenvalue weighted by Gasteiger charge is -2.32. The Morgan fingerprint density at radius 2 is 1.96 bits per heavy atom. The second-order valence-electron chi connectivity index (χ2n) is 6.15. The molecule has 8 heteroatoms. The number of alkyl halides is 3. The number of amides is 1. The first-order chi connectivity index (χ1) is 11.0. The van der Waals surface area contributed by atoms with Gasteiger partial charge in [-0.05, 0) is 19.9 Å². The van der Waals surface area contributed by atoms with E-state index < -0.39 is 41.4 Å². The van der Waals surface area contributed by atoms with Gasteiger partial charge in [-0.15, -0.1) is 0 Å². The van der Waals surface area contributed by atoms with Crippen molar-refractivity contribution in [1.29, 1.82) is 0 Å². The number of benzene rings is 1. The van der Waals surface area contributed by atoms with Gasteiger partial charge in [-0.1, -0.05) is 13.0 Å². The molecule has 4 nitrogen and oxygen atoms in total. The Bertz CT molecular complexity index is 661. The molecule has 1 fully saturated rings. The van der Waals surface area contributed by atoms with Crippen molar-refractivity contribution in [3.63, 3.8) is 0 Å². The largest absolute Gasteiger partial charge is 0.496 e. The van der Waals surface area contributed by atoms with E-state index in [2.05, 4.69) is 0 Å². The molecule has 1 aromatic carbocycles. The quantitative estimate of drug-likeness (QED) is 0.853. The molecule has 0 spiro atoms. The van der Waals surface area contributed by atoms with Crippen LogP contribution in [0, 0.1) is 18.7 Å². The second kappa shape index (κ2) is 5.91.